The maximum Gasteiger partial charge on any atom is 0.227 e. The molecule has 0 radical (unpaired) electrons. The predicted molar refractivity (Wildman–Crippen MR) is 113 cm³/mol. The molecule has 0 spiro atoms. The van der Waals surface area contributed by atoms with Gasteiger partial charge in [-0.15, -0.1) is 24.8 Å². The molecule has 2 unspecified atom stereocenters. The van der Waals surface area contributed by atoms with Gasteiger partial charge in [0.15, 0.2) is 0 Å². The summed E-state index contributed by atoms with van der Waals surface area (Å²) in [5.74, 6) is 0.132. The van der Waals surface area contributed by atoms with E-state index in [2.05, 4.69) is 4.90 Å². The van der Waals surface area contributed by atoms with Crippen LogP contribution < -0.4 is 5.73 Å². The average molecular weight is 443 g/mol. The maximum absolute atomic E-state index is 12.9. The SMILES string of the molecule is Cl.Cl.NC1CCCN(C(=O)Cc2ccc(Cl)c(Cl)c2)C1CN1CCCC1. The third-order valence-electron chi connectivity index (χ3n) is 5.13. The van der Waals surface area contributed by atoms with Crippen LogP contribution in [0.25, 0.3) is 0 Å². The average Bonchev–Trinajstić information content (AvgIpc) is 3.06. The normalized spacial score (nSPS) is 23.3. The summed E-state index contributed by atoms with van der Waals surface area (Å²) < 4.78 is 0. The molecule has 1 aromatic carbocycles. The van der Waals surface area contributed by atoms with E-state index in [-0.39, 0.29) is 42.8 Å². The van der Waals surface area contributed by atoms with Crippen molar-refractivity contribution in [3.8, 4) is 0 Å². The molecule has 2 N–H and O–H groups in total. The minimum atomic E-state index is 0. The molecule has 2 saturated heterocycles. The number of amides is 1. The van der Waals surface area contributed by atoms with Crippen molar-refractivity contribution in [2.75, 3.05) is 26.2 Å². The first-order valence-corrected chi connectivity index (χ1v) is 9.51. The van der Waals surface area contributed by atoms with Crippen LogP contribution in [0.4, 0.5) is 0 Å². The third kappa shape index (κ3) is 5.88. The highest BCUT2D eigenvalue weighted by molar-refractivity contribution is 6.42. The second kappa shape index (κ2) is 10.9. The Balaban J connectivity index is 0.00000169. The van der Waals surface area contributed by atoms with Gasteiger partial charge in [-0.2, -0.15) is 0 Å². The van der Waals surface area contributed by atoms with Gasteiger partial charge in [0, 0.05) is 19.1 Å². The molecule has 2 fully saturated rings. The fraction of sp³-hybridized carbons (Fsp3) is 0.611. The van der Waals surface area contributed by atoms with Crippen LogP contribution in [0.1, 0.15) is 31.2 Å². The summed E-state index contributed by atoms with van der Waals surface area (Å²) >= 11 is 12.0. The number of rotatable bonds is 4. The molecule has 3 rings (SSSR count). The Morgan fingerprint density at radius 2 is 1.77 bits per heavy atom. The van der Waals surface area contributed by atoms with Crippen molar-refractivity contribution in [2.24, 2.45) is 5.73 Å². The highest BCUT2D eigenvalue weighted by atomic mass is 35.5. The van der Waals surface area contributed by atoms with Crippen LogP contribution in [0.5, 0.6) is 0 Å². The molecule has 0 aliphatic carbocycles. The number of hydrogen-bond donors (Lipinski definition) is 1. The van der Waals surface area contributed by atoms with Crippen molar-refractivity contribution < 1.29 is 4.79 Å². The van der Waals surface area contributed by atoms with E-state index in [1.54, 1.807) is 12.1 Å². The quantitative estimate of drug-likeness (QED) is 0.771. The summed E-state index contributed by atoms with van der Waals surface area (Å²) in [7, 11) is 0. The third-order valence-corrected chi connectivity index (χ3v) is 5.87. The number of piperidine rings is 1. The molecule has 0 saturated carbocycles. The lowest BCUT2D eigenvalue weighted by Crippen LogP contribution is -2.58. The maximum atomic E-state index is 12.9. The highest BCUT2D eigenvalue weighted by Crippen LogP contribution is 2.24. The van der Waals surface area contributed by atoms with Crippen molar-refractivity contribution in [1.82, 2.24) is 9.80 Å². The van der Waals surface area contributed by atoms with E-state index in [1.165, 1.54) is 12.8 Å². The molecule has 4 nitrogen and oxygen atoms in total. The van der Waals surface area contributed by atoms with Gasteiger partial charge in [-0.25, -0.2) is 0 Å². The van der Waals surface area contributed by atoms with Gasteiger partial charge in [-0.1, -0.05) is 29.3 Å². The summed E-state index contributed by atoms with van der Waals surface area (Å²) in [4.78, 5) is 17.3. The number of benzene rings is 1. The zero-order chi connectivity index (χ0) is 17.1. The summed E-state index contributed by atoms with van der Waals surface area (Å²) in [5, 5.41) is 1.01. The minimum Gasteiger partial charge on any atom is -0.337 e. The van der Waals surface area contributed by atoms with Crippen LogP contribution in [-0.4, -0.2) is 54.0 Å². The monoisotopic (exact) mass is 441 g/mol. The van der Waals surface area contributed by atoms with Crippen molar-refractivity contribution >= 4 is 53.9 Å². The van der Waals surface area contributed by atoms with E-state index >= 15 is 0 Å². The van der Waals surface area contributed by atoms with Gasteiger partial charge in [-0.05, 0) is 56.5 Å². The zero-order valence-electron chi connectivity index (χ0n) is 14.7. The van der Waals surface area contributed by atoms with E-state index in [4.69, 9.17) is 28.9 Å². The van der Waals surface area contributed by atoms with Gasteiger partial charge < -0.3 is 15.5 Å². The Labute approximate surface area is 178 Å². The van der Waals surface area contributed by atoms with Gasteiger partial charge in [0.1, 0.15) is 0 Å². The molecule has 2 atom stereocenters. The van der Waals surface area contributed by atoms with E-state index in [0.717, 1.165) is 44.6 Å². The molecule has 2 aliphatic rings. The largest absolute Gasteiger partial charge is 0.337 e. The number of carbonyl (C=O) groups is 1. The van der Waals surface area contributed by atoms with Crippen molar-refractivity contribution in [2.45, 2.75) is 44.2 Å². The lowest BCUT2D eigenvalue weighted by Gasteiger charge is -2.41. The lowest BCUT2D eigenvalue weighted by atomic mass is 9.95. The molecule has 8 heteroatoms. The Bertz CT molecular complexity index is 596. The second-order valence-corrected chi connectivity index (χ2v) is 7.71. The van der Waals surface area contributed by atoms with Gasteiger partial charge in [0.2, 0.25) is 5.91 Å². The summed E-state index contributed by atoms with van der Waals surface area (Å²) in [6.07, 6.45) is 4.82. The van der Waals surface area contributed by atoms with E-state index < -0.39 is 0 Å². The number of halogens is 4. The molecule has 0 aromatic heterocycles. The van der Waals surface area contributed by atoms with E-state index in [1.807, 2.05) is 11.0 Å². The summed E-state index contributed by atoms with van der Waals surface area (Å²) in [6.45, 7) is 3.94. The van der Waals surface area contributed by atoms with Crippen LogP contribution in [-0.2, 0) is 11.2 Å². The Kier molecular flexibility index (Phi) is 10.0. The minimum absolute atomic E-state index is 0. The molecule has 1 amide bonds. The summed E-state index contributed by atoms with van der Waals surface area (Å²) in [5.41, 5.74) is 7.26. The van der Waals surface area contributed by atoms with Crippen LogP contribution in [0.15, 0.2) is 18.2 Å². The second-order valence-electron chi connectivity index (χ2n) is 6.89. The van der Waals surface area contributed by atoms with Crippen molar-refractivity contribution in [1.29, 1.82) is 0 Å². The van der Waals surface area contributed by atoms with E-state index in [9.17, 15) is 4.79 Å². The van der Waals surface area contributed by atoms with Crippen LogP contribution in [0.3, 0.4) is 0 Å². The van der Waals surface area contributed by atoms with Gasteiger partial charge in [0.25, 0.3) is 0 Å². The number of nitrogens with two attached hydrogens (primary N) is 1. The number of carbonyl (C=O) groups excluding carboxylic acids is 1. The van der Waals surface area contributed by atoms with Crippen molar-refractivity contribution in [3.63, 3.8) is 0 Å². The van der Waals surface area contributed by atoms with Crippen molar-refractivity contribution in [3.05, 3.63) is 33.8 Å². The standard InChI is InChI=1S/C18H25Cl2N3O.2ClH/c19-14-6-5-13(10-15(14)20)11-18(24)23-9-3-4-16(21)17(23)12-22-7-1-2-8-22;;/h5-6,10,16-17H,1-4,7-9,11-12,21H2;2*1H. The summed E-state index contributed by atoms with van der Waals surface area (Å²) in [6, 6.07) is 5.58. The smallest absolute Gasteiger partial charge is 0.227 e. The lowest BCUT2D eigenvalue weighted by molar-refractivity contribution is -0.135. The highest BCUT2D eigenvalue weighted by Gasteiger charge is 2.33. The fourth-order valence-electron chi connectivity index (χ4n) is 3.79. The first kappa shape index (κ1) is 23.8. The van der Waals surface area contributed by atoms with Gasteiger partial charge in [0.05, 0.1) is 22.5 Å². The number of nitrogens with zero attached hydrogens (tertiary/aromatic N) is 2. The molecule has 1 aromatic rings. The fourth-order valence-corrected chi connectivity index (χ4v) is 4.11. The number of likely N-dealkylation sites (tertiary alicyclic amines) is 2. The van der Waals surface area contributed by atoms with Crippen LogP contribution in [0, 0.1) is 0 Å². The number of hydrogen-bond acceptors (Lipinski definition) is 3. The molecule has 0 bridgehead atoms. The topological polar surface area (TPSA) is 49.6 Å². The van der Waals surface area contributed by atoms with Crippen LogP contribution >= 0.6 is 48.0 Å². The molecular weight excluding hydrogens is 416 g/mol. The molecule has 26 heavy (non-hydrogen) atoms. The molecule has 2 heterocycles. The Morgan fingerprint density at radius 3 is 2.42 bits per heavy atom. The Hall–Kier alpha value is -0.230. The molecular formula is C18H27Cl4N3O. The molecule has 148 valence electrons. The predicted octanol–water partition coefficient (Wildman–Crippen LogP) is 3.79. The van der Waals surface area contributed by atoms with Crippen LogP contribution in [0.2, 0.25) is 10.0 Å². The molecule has 2 aliphatic heterocycles. The Morgan fingerprint density at radius 1 is 1.08 bits per heavy atom. The van der Waals surface area contributed by atoms with Gasteiger partial charge >= 0.3 is 0 Å². The van der Waals surface area contributed by atoms with Gasteiger partial charge in [-0.3, -0.25) is 4.79 Å². The first-order valence-electron chi connectivity index (χ1n) is 8.76. The van der Waals surface area contributed by atoms with E-state index in [0.29, 0.717) is 16.5 Å². The first-order chi connectivity index (χ1) is 11.5. The zero-order valence-corrected chi connectivity index (χ0v) is 17.8.